The summed E-state index contributed by atoms with van der Waals surface area (Å²) >= 11 is 11.9. The Morgan fingerprint density at radius 3 is 0.839 bits per heavy atom. The summed E-state index contributed by atoms with van der Waals surface area (Å²) in [6, 6.07) is 53.3. The minimum absolute atomic E-state index is 0.0440. The summed E-state index contributed by atoms with van der Waals surface area (Å²) in [7, 11) is 9.51. The van der Waals surface area contributed by atoms with Crippen LogP contribution in [0.3, 0.4) is 0 Å². The van der Waals surface area contributed by atoms with E-state index in [1.54, 1.807) is 96.8 Å². The fourth-order valence-electron chi connectivity index (χ4n) is 13.4. The van der Waals surface area contributed by atoms with Crippen LogP contribution >= 0.6 is 50.1 Å². The summed E-state index contributed by atoms with van der Waals surface area (Å²) < 4.78 is 133. The molecule has 0 unspecified atom stereocenters. The first-order valence-corrected chi connectivity index (χ1v) is 46.2. The van der Waals surface area contributed by atoms with Crippen molar-refractivity contribution >= 4 is 85.6 Å². The number of benzene rings is 12. The van der Waals surface area contributed by atoms with Gasteiger partial charge in [0, 0.05) is 77.6 Å². The van der Waals surface area contributed by atoms with Gasteiger partial charge in [-0.25, -0.2) is 30.7 Å². The normalized spacial score (nSPS) is 10.5. The van der Waals surface area contributed by atoms with E-state index in [4.69, 9.17) is 40.0 Å². The van der Waals surface area contributed by atoms with Gasteiger partial charge in [0.15, 0.2) is 69.4 Å². The summed E-state index contributed by atoms with van der Waals surface area (Å²) in [4.78, 5) is 69.6. The maximum atomic E-state index is 14.0. The average Bonchev–Trinajstić information content (AvgIpc) is 0.837. The molecule has 0 heterocycles. The third kappa shape index (κ3) is 34.2. The van der Waals surface area contributed by atoms with Crippen molar-refractivity contribution in [3.05, 3.63) is 381 Å². The summed E-state index contributed by atoms with van der Waals surface area (Å²) in [5.74, 6) is -2.30. The van der Waals surface area contributed by atoms with Crippen LogP contribution in [0.2, 0.25) is 5.02 Å². The Hall–Kier alpha value is -12.7. The van der Waals surface area contributed by atoms with Gasteiger partial charge in [-0.1, -0.05) is 119 Å². The molecule has 0 aliphatic heterocycles. The number of aryl methyl sites for hydroxylation is 13. The lowest BCUT2D eigenvalue weighted by molar-refractivity contribution is -0.120. The number of ether oxygens (including phenoxy) is 6. The van der Waals surface area contributed by atoms with Gasteiger partial charge in [-0.05, 0) is 326 Å². The molecule has 0 saturated carbocycles. The number of carbonyl (C=O) groups excluding carboxylic acids is 6. The number of hydrogen-bond donors (Lipinski definition) is 6. The first-order valence-electron chi connectivity index (χ1n) is 43.9. The number of likely N-dealkylation sites (N-methyl/N-ethyl adjacent to an activating group) is 6. The first kappa shape index (κ1) is 111. The largest absolute Gasteiger partial charge is 0.486 e. The zero-order valence-corrected chi connectivity index (χ0v) is 85.1. The maximum absolute atomic E-state index is 14.0. The molecule has 0 fully saturated rings. The Balaban J connectivity index is 0.000000224. The molecule has 28 heteroatoms. The zero-order chi connectivity index (χ0) is 101. The van der Waals surface area contributed by atoms with Gasteiger partial charge in [-0.15, -0.1) is 0 Å². The molecule has 12 aromatic carbocycles. The van der Waals surface area contributed by atoms with Crippen LogP contribution in [0.4, 0.5) is 30.7 Å². The van der Waals surface area contributed by atoms with Crippen LogP contribution in [0, 0.1) is 134 Å². The van der Waals surface area contributed by atoms with E-state index in [0.29, 0.717) is 16.1 Å². The monoisotopic (exact) mass is 2080 g/mol. The molecular formula is C109H118BrClF7IN6O12. The SMILES string of the molecule is CNC(=O)Cc1cccc(Br)c1COc1cc(C)c(C)cc1F.CNC(=O)Cc1cccc(C)c1COc1cc(C)c(C)cc1F.CNC(=O)Cc1cccc(Cl)c1COc1cc(C)c(C)cc1F.CNC(=O)Cc1cccc(F)c1COc1cc(C)c(C)cc1F.CNC(=O)Cc1cccc(I)c1COc1cc(C)c(C)cc1F.CNC(=O)Cc1ccccc1COc1cc(C)c(C)cc1F. The number of amides is 6. The predicted molar refractivity (Wildman–Crippen MR) is 537 cm³/mol. The molecule has 18 nitrogen and oxygen atoms in total. The number of hydrogen-bond acceptors (Lipinski definition) is 12. The van der Waals surface area contributed by atoms with Crippen molar-refractivity contribution in [3.8, 4) is 34.5 Å². The van der Waals surface area contributed by atoms with E-state index in [1.807, 2.05) is 168 Å². The third-order valence-electron chi connectivity index (χ3n) is 22.8. The molecule has 6 N–H and O–H groups in total. The molecule has 0 radical (unpaired) electrons. The van der Waals surface area contributed by atoms with Crippen molar-refractivity contribution in [1.29, 1.82) is 0 Å². The Kier molecular flexibility index (Phi) is 44.6. The quantitative estimate of drug-likeness (QED) is 0.0182. The molecule has 12 rings (SSSR count). The predicted octanol–water partition coefficient (Wildman–Crippen LogP) is 22.3. The number of carbonyl (C=O) groups is 6. The van der Waals surface area contributed by atoms with E-state index in [2.05, 4.69) is 70.4 Å². The number of halogens is 10. The van der Waals surface area contributed by atoms with E-state index >= 15 is 0 Å². The van der Waals surface area contributed by atoms with E-state index in [1.165, 1.54) is 55.6 Å². The van der Waals surface area contributed by atoms with E-state index in [0.717, 1.165) is 130 Å². The molecule has 726 valence electrons. The topological polar surface area (TPSA) is 230 Å². The van der Waals surface area contributed by atoms with E-state index in [-0.39, 0.29) is 177 Å². The molecule has 0 aromatic heterocycles. The summed E-state index contributed by atoms with van der Waals surface area (Å²) in [6.07, 6.45) is 1.34. The molecule has 0 saturated heterocycles. The van der Waals surface area contributed by atoms with Crippen LogP contribution < -0.4 is 60.3 Å². The van der Waals surface area contributed by atoms with Gasteiger partial charge in [0.1, 0.15) is 45.5 Å². The van der Waals surface area contributed by atoms with Crippen LogP contribution in [0.25, 0.3) is 0 Å². The molecule has 12 aromatic rings. The van der Waals surface area contributed by atoms with Crippen LogP contribution in [0.5, 0.6) is 34.5 Å². The standard InChI is InChI=1S/C19H22FNO2.C18H19BrFNO2.C18H19ClFNO2.C18H19F2NO2.C18H19FINO2.C18H20FNO2/c1-12-6-5-7-15(10-19(22)21-4)16(12)11-23-18-9-14(3)13(2)8-17(18)20;3*1-11-7-16(20)17(8-12(11)2)23-10-14-13(9-18(22)21-3)5-4-6-15(14)19;1-11-7-15(19)17(8-12(11)2)23-10-14-13(9-18(22)21-3)5-4-6-16(14)20;1-12-8-16(19)17(9-13(12)2)22-11-15-7-5-4-6-14(15)10-18(21)20-3/h5-9H,10-11H2,1-4H3,(H,21,22);4*4-8H,9-10H2,1-3H3,(H,21,22);4-9H,10-11H2,1-3H3,(H,20,21). The molecule has 0 aliphatic rings. The molecule has 0 spiro atoms. The second kappa shape index (κ2) is 54.9. The van der Waals surface area contributed by atoms with Crippen molar-refractivity contribution in [2.45, 2.75) is 168 Å². The van der Waals surface area contributed by atoms with E-state index in [9.17, 15) is 59.5 Å². The summed E-state index contributed by atoms with van der Waals surface area (Å²) in [5, 5.41) is 16.0. The molecule has 0 atom stereocenters. The molecule has 6 amide bonds. The third-order valence-corrected chi connectivity index (χ3v) is 24.9. The average molecular weight is 2080 g/mol. The highest BCUT2D eigenvalue weighted by atomic mass is 127. The van der Waals surface area contributed by atoms with Gasteiger partial charge < -0.3 is 60.3 Å². The minimum atomic E-state index is -0.489. The Bertz CT molecular complexity index is 5540. The smallest absolute Gasteiger partial charge is 0.224 e. The lowest BCUT2D eigenvalue weighted by Crippen LogP contribution is -2.21. The second-order valence-corrected chi connectivity index (χ2v) is 34.9. The maximum Gasteiger partial charge on any atom is 0.224 e. The number of nitrogens with one attached hydrogen (secondary N) is 6. The summed E-state index contributed by atoms with van der Waals surface area (Å²) in [5.41, 5.74) is 21.3. The van der Waals surface area contributed by atoms with Crippen molar-refractivity contribution in [2.75, 3.05) is 42.3 Å². The van der Waals surface area contributed by atoms with E-state index < -0.39 is 17.5 Å². The molecular weight excluding hydrogens is 1960 g/mol. The van der Waals surface area contributed by atoms with Crippen molar-refractivity contribution < 1.29 is 87.9 Å². The van der Waals surface area contributed by atoms with Crippen LogP contribution in [0.1, 0.15) is 139 Å². The lowest BCUT2D eigenvalue weighted by Gasteiger charge is -2.15. The van der Waals surface area contributed by atoms with Crippen molar-refractivity contribution in [2.24, 2.45) is 0 Å². The van der Waals surface area contributed by atoms with Gasteiger partial charge in [-0.3, -0.25) is 28.8 Å². The Morgan fingerprint density at radius 2 is 0.489 bits per heavy atom. The van der Waals surface area contributed by atoms with Crippen LogP contribution in [0.15, 0.2) is 193 Å². The number of rotatable bonds is 30. The Labute approximate surface area is 825 Å². The molecule has 0 bridgehead atoms. The highest BCUT2D eigenvalue weighted by Gasteiger charge is 2.22. The highest BCUT2D eigenvalue weighted by molar-refractivity contribution is 14.1. The first-order chi connectivity index (χ1) is 65.1. The van der Waals surface area contributed by atoms with Gasteiger partial charge in [0.2, 0.25) is 35.4 Å². The fraction of sp³-hybridized carbons (Fsp3) is 0.284. The molecule has 137 heavy (non-hydrogen) atoms. The molecule has 0 aliphatic carbocycles. The van der Waals surface area contributed by atoms with Gasteiger partial charge in [0.25, 0.3) is 0 Å². The fourth-order valence-corrected chi connectivity index (χ4v) is 14.9. The Morgan fingerprint density at radius 1 is 0.255 bits per heavy atom. The van der Waals surface area contributed by atoms with Crippen molar-refractivity contribution in [1.82, 2.24) is 31.9 Å². The van der Waals surface area contributed by atoms with Crippen molar-refractivity contribution in [3.63, 3.8) is 0 Å². The highest BCUT2D eigenvalue weighted by Crippen LogP contribution is 2.34. The lowest BCUT2D eigenvalue weighted by atomic mass is 10.00. The van der Waals surface area contributed by atoms with Gasteiger partial charge in [-0.2, -0.15) is 0 Å². The van der Waals surface area contributed by atoms with Crippen LogP contribution in [-0.4, -0.2) is 77.7 Å². The van der Waals surface area contributed by atoms with Crippen LogP contribution in [-0.2, 0) is 107 Å². The van der Waals surface area contributed by atoms with Gasteiger partial charge in [0.05, 0.1) is 38.5 Å². The minimum Gasteiger partial charge on any atom is -0.486 e. The second-order valence-electron chi connectivity index (χ2n) is 32.5. The zero-order valence-electron chi connectivity index (χ0n) is 80.6. The van der Waals surface area contributed by atoms with Gasteiger partial charge >= 0.3 is 0 Å². The summed E-state index contributed by atoms with van der Waals surface area (Å²) in [6.45, 7) is 25.3.